The van der Waals surface area contributed by atoms with E-state index in [1.54, 1.807) is 18.2 Å². The predicted octanol–water partition coefficient (Wildman–Crippen LogP) is 3.44. The Bertz CT molecular complexity index is 751. The molecule has 4 heteroatoms. The second-order valence-corrected chi connectivity index (χ2v) is 5.98. The first-order valence-corrected chi connectivity index (χ1v) is 7.99. The van der Waals surface area contributed by atoms with Gasteiger partial charge in [-0.05, 0) is 54.5 Å². The van der Waals surface area contributed by atoms with Crippen LogP contribution in [0.1, 0.15) is 29.5 Å². The summed E-state index contributed by atoms with van der Waals surface area (Å²) in [5.74, 6) is 1.51. The van der Waals surface area contributed by atoms with E-state index < -0.39 is 0 Å². The van der Waals surface area contributed by atoms with E-state index >= 15 is 0 Å². The Morgan fingerprint density at radius 3 is 2.70 bits per heavy atom. The maximum absolute atomic E-state index is 12.2. The molecule has 23 heavy (non-hydrogen) atoms. The highest BCUT2D eigenvalue weighted by Crippen LogP contribution is 2.35. The Kier molecular flexibility index (Phi) is 3.66. The van der Waals surface area contributed by atoms with Gasteiger partial charge in [-0.1, -0.05) is 18.2 Å². The average Bonchev–Trinajstić information content (AvgIpc) is 3.02. The minimum Gasteiger partial charge on any atom is -0.454 e. The number of ether oxygens (including phenoxy) is 3. The zero-order valence-corrected chi connectivity index (χ0v) is 12.8. The van der Waals surface area contributed by atoms with Crippen molar-refractivity contribution >= 4 is 5.97 Å². The normalized spacial score (nSPS) is 15.1. The summed E-state index contributed by atoms with van der Waals surface area (Å²) in [5.41, 5.74) is 3.81. The summed E-state index contributed by atoms with van der Waals surface area (Å²) in [7, 11) is 0. The van der Waals surface area contributed by atoms with Crippen LogP contribution in [0.4, 0.5) is 0 Å². The lowest BCUT2D eigenvalue weighted by Gasteiger charge is -2.16. The molecule has 0 saturated heterocycles. The molecular weight excluding hydrogens is 292 g/mol. The Hall–Kier alpha value is -2.49. The lowest BCUT2D eigenvalue weighted by Crippen LogP contribution is -2.12. The Morgan fingerprint density at radius 1 is 0.957 bits per heavy atom. The standard InChI is InChI=1S/C19H18O4/c20-19(23-16-7-8-17-18(11-16)22-12-21-17)10-13-5-6-14-3-1-2-4-15(14)9-13/h5-9,11H,1-4,10,12H2. The number of hydrogen-bond acceptors (Lipinski definition) is 4. The number of benzene rings is 2. The van der Waals surface area contributed by atoms with Gasteiger partial charge in [0, 0.05) is 6.07 Å². The van der Waals surface area contributed by atoms with Crippen LogP contribution in [0.15, 0.2) is 36.4 Å². The highest BCUT2D eigenvalue weighted by atomic mass is 16.7. The van der Waals surface area contributed by atoms with Gasteiger partial charge in [0.1, 0.15) is 5.75 Å². The molecule has 2 aliphatic rings. The summed E-state index contributed by atoms with van der Waals surface area (Å²) in [6, 6.07) is 11.5. The van der Waals surface area contributed by atoms with E-state index in [1.165, 1.54) is 24.0 Å². The molecule has 0 unspecified atom stereocenters. The van der Waals surface area contributed by atoms with Crippen LogP contribution >= 0.6 is 0 Å². The van der Waals surface area contributed by atoms with E-state index in [9.17, 15) is 4.79 Å². The van der Waals surface area contributed by atoms with Crippen molar-refractivity contribution < 1.29 is 19.0 Å². The maximum atomic E-state index is 12.2. The van der Waals surface area contributed by atoms with Gasteiger partial charge >= 0.3 is 5.97 Å². The molecule has 1 aliphatic carbocycles. The van der Waals surface area contributed by atoms with E-state index in [1.807, 2.05) is 6.07 Å². The van der Waals surface area contributed by atoms with Crippen molar-refractivity contribution in [3.8, 4) is 17.2 Å². The van der Waals surface area contributed by atoms with Gasteiger partial charge in [-0.2, -0.15) is 0 Å². The number of aryl methyl sites for hydroxylation is 2. The van der Waals surface area contributed by atoms with Gasteiger partial charge in [-0.3, -0.25) is 4.79 Å². The van der Waals surface area contributed by atoms with Crippen LogP contribution in [0.5, 0.6) is 17.2 Å². The fraction of sp³-hybridized carbons (Fsp3) is 0.316. The summed E-state index contributed by atoms with van der Waals surface area (Å²) in [4.78, 5) is 12.2. The second kappa shape index (κ2) is 5.95. The number of rotatable bonds is 3. The van der Waals surface area contributed by atoms with Gasteiger partial charge < -0.3 is 14.2 Å². The lowest BCUT2D eigenvalue weighted by atomic mass is 9.90. The van der Waals surface area contributed by atoms with Gasteiger partial charge in [0.25, 0.3) is 0 Å². The molecular formula is C19H18O4. The molecule has 2 aromatic carbocycles. The van der Waals surface area contributed by atoms with Gasteiger partial charge in [0.05, 0.1) is 6.42 Å². The van der Waals surface area contributed by atoms with E-state index in [0.717, 1.165) is 18.4 Å². The Balaban J connectivity index is 1.44. The third-order valence-electron chi connectivity index (χ3n) is 4.34. The summed E-state index contributed by atoms with van der Waals surface area (Å²) in [6.07, 6.45) is 5.04. The van der Waals surface area contributed by atoms with Gasteiger partial charge in [-0.15, -0.1) is 0 Å². The highest BCUT2D eigenvalue weighted by molar-refractivity contribution is 5.75. The van der Waals surface area contributed by atoms with Crippen LogP contribution in [0.25, 0.3) is 0 Å². The molecule has 118 valence electrons. The number of fused-ring (bicyclic) bond motifs is 2. The third-order valence-corrected chi connectivity index (χ3v) is 4.34. The van der Waals surface area contributed by atoms with Crippen molar-refractivity contribution in [3.05, 3.63) is 53.1 Å². The Labute approximate surface area is 135 Å². The molecule has 4 nitrogen and oxygen atoms in total. The summed E-state index contributed by atoms with van der Waals surface area (Å²) >= 11 is 0. The number of carbonyl (C=O) groups is 1. The van der Waals surface area contributed by atoms with E-state index in [4.69, 9.17) is 14.2 Å². The molecule has 0 N–H and O–H groups in total. The van der Waals surface area contributed by atoms with Crippen LogP contribution in [0.2, 0.25) is 0 Å². The van der Waals surface area contributed by atoms with Gasteiger partial charge in [0.2, 0.25) is 6.79 Å². The van der Waals surface area contributed by atoms with Crippen molar-refractivity contribution in [1.29, 1.82) is 0 Å². The second-order valence-electron chi connectivity index (χ2n) is 5.98. The fourth-order valence-electron chi connectivity index (χ4n) is 3.17. The minimum atomic E-state index is -0.264. The summed E-state index contributed by atoms with van der Waals surface area (Å²) < 4.78 is 15.9. The molecule has 0 amide bonds. The molecule has 0 bridgehead atoms. The molecule has 1 aliphatic heterocycles. The zero-order valence-electron chi connectivity index (χ0n) is 12.8. The molecule has 1 heterocycles. The summed E-state index contributed by atoms with van der Waals surface area (Å²) in [5, 5.41) is 0. The molecule has 0 spiro atoms. The van der Waals surface area contributed by atoms with Crippen molar-refractivity contribution in [2.75, 3.05) is 6.79 Å². The molecule has 2 aromatic rings. The molecule has 0 saturated carbocycles. The monoisotopic (exact) mass is 310 g/mol. The summed E-state index contributed by atoms with van der Waals surface area (Å²) in [6.45, 7) is 0.210. The average molecular weight is 310 g/mol. The van der Waals surface area contributed by atoms with E-state index in [0.29, 0.717) is 17.2 Å². The maximum Gasteiger partial charge on any atom is 0.315 e. The SMILES string of the molecule is O=C(Cc1ccc2c(c1)CCCC2)Oc1ccc2c(c1)OCO2. The molecule has 4 rings (SSSR count). The van der Waals surface area contributed by atoms with E-state index in [2.05, 4.69) is 12.1 Å². The smallest absolute Gasteiger partial charge is 0.315 e. The van der Waals surface area contributed by atoms with Crippen molar-refractivity contribution in [3.63, 3.8) is 0 Å². The largest absolute Gasteiger partial charge is 0.454 e. The third kappa shape index (κ3) is 3.02. The molecule has 0 radical (unpaired) electrons. The molecule has 0 atom stereocenters. The first-order chi connectivity index (χ1) is 11.3. The van der Waals surface area contributed by atoms with Crippen LogP contribution in [-0.2, 0) is 24.1 Å². The first-order valence-electron chi connectivity index (χ1n) is 7.99. The quantitative estimate of drug-likeness (QED) is 0.643. The van der Waals surface area contributed by atoms with Crippen LogP contribution in [-0.4, -0.2) is 12.8 Å². The van der Waals surface area contributed by atoms with Crippen molar-refractivity contribution in [2.24, 2.45) is 0 Å². The molecule has 0 fully saturated rings. The number of carbonyl (C=O) groups excluding carboxylic acids is 1. The van der Waals surface area contributed by atoms with Crippen LogP contribution < -0.4 is 14.2 Å². The highest BCUT2D eigenvalue weighted by Gasteiger charge is 2.16. The minimum absolute atomic E-state index is 0.210. The van der Waals surface area contributed by atoms with Crippen molar-refractivity contribution in [1.82, 2.24) is 0 Å². The van der Waals surface area contributed by atoms with Crippen LogP contribution in [0, 0.1) is 0 Å². The van der Waals surface area contributed by atoms with Crippen LogP contribution in [0.3, 0.4) is 0 Å². The number of hydrogen-bond donors (Lipinski definition) is 0. The molecule has 0 aromatic heterocycles. The predicted molar refractivity (Wildman–Crippen MR) is 85.0 cm³/mol. The topological polar surface area (TPSA) is 44.8 Å². The van der Waals surface area contributed by atoms with Crippen molar-refractivity contribution in [2.45, 2.75) is 32.1 Å². The fourth-order valence-corrected chi connectivity index (χ4v) is 3.17. The zero-order chi connectivity index (χ0) is 15.6. The number of esters is 1. The van der Waals surface area contributed by atoms with Gasteiger partial charge in [0.15, 0.2) is 11.5 Å². The van der Waals surface area contributed by atoms with E-state index in [-0.39, 0.29) is 19.2 Å². The van der Waals surface area contributed by atoms with Gasteiger partial charge in [-0.25, -0.2) is 0 Å². The first kappa shape index (κ1) is 14.1. The Morgan fingerprint density at radius 2 is 1.78 bits per heavy atom. The lowest BCUT2D eigenvalue weighted by molar-refractivity contribution is -0.133.